The van der Waals surface area contributed by atoms with Gasteiger partial charge in [0.2, 0.25) is 11.8 Å². The molecule has 100 valence electrons. The lowest BCUT2D eigenvalue weighted by molar-refractivity contribution is -0.122. The minimum atomic E-state index is -0.382. The van der Waals surface area contributed by atoms with Crippen LogP contribution in [0.15, 0.2) is 18.2 Å². The highest BCUT2D eigenvalue weighted by molar-refractivity contribution is 6.22. The minimum absolute atomic E-state index is 0.155. The van der Waals surface area contributed by atoms with E-state index in [2.05, 4.69) is 0 Å². The molecule has 3 rings (SSSR count). The van der Waals surface area contributed by atoms with Gasteiger partial charge < -0.3 is 0 Å². The second-order valence-electron chi connectivity index (χ2n) is 5.44. The summed E-state index contributed by atoms with van der Waals surface area (Å²) >= 11 is 0. The molecule has 2 fully saturated rings. The molecule has 0 N–H and O–H groups in total. The van der Waals surface area contributed by atoms with Crippen LogP contribution in [0.3, 0.4) is 0 Å². The van der Waals surface area contributed by atoms with E-state index in [1.165, 1.54) is 11.0 Å². The Morgan fingerprint density at radius 1 is 1.11 bits per heavy atom. The Morgan fingerprint density at radius 2 is 1.68 bits per heavy atom. The lowest BCUT2D eigenvalue weighted by Gasteiger charge is -2.19. The summed E-state index contributed by atoms with van der Waals surface area (Å²) in [5.74, 6) is -1.07. The molecular formula is C15H16FNO2. The van der Waals surface area contributed by atoms with Gasteiger partial charge in [0.25, 0.3) is 0 Å². The maximum Gasteiger partial charge on any atom is 0.237 e. The molecule has 0 bridgehead atoms. The number of rotatable bonds is 1. The van der Waals surface area contributed by atoms with Crippen LogP contribution in [0.1, 0.15) is 31.2 Å². The molecule has 0 unspecified atom stereocenters. The van der Waals surface area contributed by atoms with E-state index in [0.717, 1.165) is 25.7 Å². The summed E-state index contributed by atoms with van der Waals surface area (Å²) in [6.45, 7) is 1.66. The van der Waals surface area contributed by atoms with Crippen LogP contribution >= 0.6 is 0 Å². The van der Waals surface area contributed by atoms with Crippen LogP contribution in [0.5, 0.6) is 0 Å². The van der Waals surface area contributed by atoms with Gasteiger partial charge in [-0.05, 0) is 37.5 Å². The van der Waals surface area contributed by atoms with E-state index in [0.29, 0.717) is 11.3 Å². The number of nitrogens with zero attached hydrogens (tertiary/aromatic N) is 1. The quantitative estimate of drug-likeness (QED) is 0.729. The minimum Gasteiger partial charge on any atom is -0.274 e. The van der Waals surface area contributed by atoms with Crippen molar-refractivity contribution in [3.8, 4) is 0 Å². The van der Waals surface area contributed by atoms with Crippen molar-refractivity contribution in [2.75, 3.05) is 4.90 Å². The number of carbonyl (C=O) groups excluding carboxylic acids is 2. The Bertz CT molecular complexity index is 531. The summed E-state index contributed by atoms with van der Waals surface area (Å²) in [7, 11) is 0. The van der Waals surface area contributed by atoms with Gasteiger partial charge in [0.05, 0.1) is 17.5 Å². The number of carbonyl (C=O) groups is 2. The Balaban J connectivity index is 1.98. The average Bonchev–Trinajstić information content (AvgIpc) is 2.66. The Hall–Kier alpha value is -1.71. The highest BCUT2D eigenvalue weighted by Crippen LogP contribution is 2.40. The van der Waals surface area contributed by atoms with Gasteiger partial charge >= 0.3 is 0 Å². The van der Waals surface area contributed by atoms with Crippen molar-refractivity contribution < 1.29 is 14.0 Å². The van der Waals surface area contributed by atoms with Crippen molar-refractivity contribution in [1.29, 1.82) is 0 Å². The van der Waals surface area contributed by atoms with Gasteiger partial charge in [-0.2, -0.15) is 0 Å². The van der Waals surface area contributed by atoms with E-state index in [4.69, 9.17) is 0 Å². The third kappa shape index (κ3) is 1.86. The van der Waals surface area contributed by atoms with Gasteiger partial charge in [0, 0.05) is 0 Å². The lowest BCUT2D eigenvalue weighted by atomic mass is 9.81. The van der Waals surface area contributed by atoms with E-state index in [1.807, 2.05) is 0 Å². The molecule has 1 aliphatic carbocycles. The lowest BCUT2D eigenvalue weighted by Crippen LogP contribution is -2.30. The van der Waals surface area contributed by atoms with Crippen LogP contribution in [0.4, 0.5) is 10.1 Å². The summed E-state index contributed by atoms with van der Waals surface area (Å²) in [5.41, 5.74) is 0.882. The van der Waals surface area contributed by atoms with Gasteiger partial charge in [-0.1, -0.05) is 18.9 Å². The molecule has 1 aromatic carbocycles. The molecule has 0 aromatic heterocycles. The second kappa shape index (κ2) is 4.44. The average molecular weight is 261 g/mol. The van der Waals surface area contributed by atoms with Crippen LogP contribution in [-0.2, 0) is 9.59 Å². The topological polar surface area (TPSA) is 37.4 Å². The zero-order valence-electron chi connectivity index (χ0n) is 10.9. The summed E-state index contributed by atoms with van der Waals surface area (Å²) in [6.07, 6.45) is 3.55. The highest BCUT2D eigenvalue weighted by atomic mass is 19.1. The number of imide groups is 1. The molecule has 0 radical (unpaired) electrons. The van der Waals surface area contributed by atoms with Gasteiger partial charge in [-0.15, -0.1) is 0 Å². The fourth-order valence-electron chi connectivity index (χ4n) is 3.14. The summed E-state index contributed by atoms with van der Waals surface area (Å²) in [5, 5.41) is 0. The first-order chi connectivity index (χ1) is 9.09. The van der Waals surface area contributed by atoms with E-state index in [9.17, 15) is 14.0 Å². The summed E-state index contributed by atoms with van der Waals surface area (Å²) < 4.78 is 13.6. The monoisotopic (exact) mass is 261 g/mol. The Labute approximate surface area is 111 Å². The van der Waals surface area contributed by atoms with E-state index in [1.54, 1.807) is 19.1 Å². The molecule has 0 spiro atoms. The van der Waals surface area contributed by atoms with Crippen molar-refractivity contribution in [2.45, 2.75) is 32.6 Å². The molecule has 1 heterocycles. The normalized spacial score (nSPS) is 26.7. The number of anilines is 1. The van der Waals surface area contributed by atoms with Crippen LogP contribution in [0.2, 0.25) is 0 Å². The molecular weight excluding hydrogens is 245 g/mol. The number of fused-ring (bicyclic) bond motifs is 1. The molecule has 1 aliphatic heterocycles. The fraction of sp³-hybridized carbons (Fsp3) is 0.467. The standard InChI is InChI=1S/C15H16FNO2/c1-9-6-7-10(8-13(9)16)17-14(18)11-4-2-3-5-12(11)15(17)19/h6-8,11-12H,2-5H2,1H3/t11-,12-/m0/s1. The molecule has 2 amide bonds. The summed E-state index contributed by atoms with van der Waals surface area (Å²) in [4.78, 5) is 25.8. The van der Waals surface area contributed by atoms with Crippen LogP contribution in [0.25, 0.3) is 0 Å². The van der Waals surface area contributed by atoms with Crippen molar-refractivity contribution in [1.82, 2.24) is 0 Å². The highest BCUT2D eigenvalue weighted by Gasteiger charge is 2.48. The molecule has 2 atom stereocenters. The maximum atomic E-state index is 13.6. The number of hydrogen-bond acceptors (Lipinski definition) is 2. The first-order valence-corrected chi connectivity index (χ1v) is 6.73. The predicted octanol–water partition coefficient (Wildman–Crippen LogP) is 2.81. The van der Waals surface area contributed by atoms with E-state index < -0.39 is 0 Å². The largest absolute Gasteiger partial charge is 0.274 e. The molecule has 19 heavy (non-hydrogen) atoms. The molecule has 2 aliphatic rings. The van der Waals surface area contributed by atoms with E-state index >= 15 is 0 Å². The van der Waals surface area contributed by atoms with Crippen molar-refractivity contribution in [3.05, 3.63) is 29.6 Å². The zero-order chi connectivity index (χ0) is 13.6. The van der Waals surface area contributed by atoms with Gasteiger partial charge in [-0.25, -0.2) is 9.29 Å². The predicted molar refractivity (Wildman–Crippen MR) is 69.1 cm³/mol. The number of hydrogen-bond donors (Lipinski definition) is 0. The van der Waals surface area contributed by atoms with Crippen LogP contribution < -0.4 is 4.90 Å². The fourth-order valence-corrected chi connectivity index (χ4v) is 3.14. The number of aryl methyl sites for hydroxylation is 1. The smallest absolute Gasteiger partial charge is 0.237 e. The summed E-state index contributed by atoms with van der Waals surface area (Å²) in [6, 6.07) is 4.53. The maximum absolute atomic E-state index is 13.6. The van der Waals surface area contributed by atoms with Gasteiger partial charge in [-0.3, -0.25) is 9.59 Å². The molecule has 1 saturated carbocycles. The zero-order valence-corrected chi connectivity index (χ0v) is 10.9. The third-order valence-electron chi connectivity index (χ3n) is 4.25. The SMILES string of the molecule is Cc1ccc(N2C(=O)[C@H]3CCCC[C@@H]3C2=O)cc1F. The third-order valence-corrected chi connectivity index (χ3v) is 4.25. The van der Waals surface area contributed by atoms with Crippen molar-refractivity contribution >= 4 is 17.5 Å². The number of benzene rings is 1. The van der Waals surface area contributed by atoms with Crippen LogP contribution in [0, 0.1) is 24.6 Å². The second-order valence-corrected chi connectivity index (χ2v) is 5.44. The number of halogens is 1. The molecule has 4 heteroatoms. The first-order valence-electron chi connectivity index (χ1n) is 6.73. The molecule has 1 aromatic rings. The van der Waals surface area contributed by atoms with Crippen LogP contribution in [-0.4, -0.2) is 11.8 Å². The van der Waals surface area contributed by atoms with Crippen molar-refractivity contribution in [3.63, 3.8) is 0 Å². The Kier molecular flexibility index (Phi) is 2.88. The van der Waals surface area contributed by atoms with Gasteiger partial charge in [0.15, 0.2) is 0 Å². The Morgan fingerprint density at radius 3 is 2.21 bits per heavy atom. The molecule has 1 saturated heterocycles. The first kappa shape index (κ1) is 12.3. The van der Waals surface area contributed by atoms with Gasteiger partial charge in [0.1, 0.15) is 5.82 Å². The number of amides is 2. The van der Waals surface area contributed by atoms with Crippen molar-refractivity contribution in [2.24, 2.45) is 11.8 Å². The van der Waals surface area contributed by atoms with E-state index in [-0.39, 0.29) is 29.5 Å². The molecule has 3 nitrogen and oxygen atoms in total.